The van der Waals surface area contributed by atoms with Crippen molar-refractivity contribution in [2.24, 2.45) is 11.8 Å². The highest BCUT2D eigenvalue weighted by Gasteiger charge is 2.42. The van der Waals surface area contributed by atoms with Crippen LogP contribution in [-0.2, 0) is 21.1 Å². The first kappa shape index (κ1) is 22.4. The van der Waals surface area contributed by atoms with Gasteiger partial charge in [0.25, 0.3) is 11.5 Å². The van der Waals surface area contributed by atoms with Crippen LogP contribution in [-0.4, -0.2) is 34.3 Å². The Balaban J connectivity index is 0.000000203. The lowest BCUT2D eigenvalue weighted by atomic mass is 10.0. The Morgan fingerprint density at radius 2 is 1.64 bits per heavy atom. The molecule has 4 heterocycles. The zero-order valence-corrected chi connectivity index (χ0v) is 18.0. The number of aromatic nitrogens is 1. The van der Waals surface area contributed by atoms with E-state index in [1.54, 1.807) is 15.5 Å². The van der Waals surface area contributed by atoms with E-state index < -0.39 is 6.10 Å². The van der Waals surface area contributed by atoms with Gasteiger partial charge in [-0.3, -0.25) is 9.59 Å². The number of hydrogen-bond donors (Lipinski definition) is 0. The van der Waals surface area contributed by atoms with E-state index in [-0.39, 0.29) is 17.7 Å². The van der Waals surface area contributed by atoms with Crippen molar-refractivity contribution in [1.82, 2.24) is 9.47 Å². The standard InChI is InChI=1S/C11H17NO3.C11H17NO/c1-7(2)4-5-12-9-6-8(3)10(11(12)13)15-14-9;1-9(2)4-6-12-7-5-10(3)8-11(12)13/h6-7,9-10H,4-5H2,1-3H3;5,7-9H,4,6H2,1-3H3. The number of amides is 1. The van der Waals surface area contributed by atoms with Crippen molar-refractivity contribution >= 4 is 5.91 Å². The Morgan fingerprint density at radius 1 is 1.00 bits per heavy atom. The number of carbonyl (C=O) groups excluding carboxylic acids is 1. The molecule has 6 nitrogen and oxygen atoms in total. The minimum absolute atomic E-state index is 0.0342. The molecule has 1 saturated heterocycles. The van der Waals surface area contributed by atoms with Gasteiger partial charge in [-0.05, 0) is 61.8 Å². The molecular weight excluding hydrogens is 356 g/mol. The monoisotopic (exact) mass is 390 g/mol. The number of hydrogen-bond acceptors (Lipinski definition) is 4. The van der Waals surface area contributed by atoms with Crippen LogP contribution in [0.25, 0.3) is 0 Å². The minimum Gasteiger partial charge on any atom is -0.316 e. The zero-order valence-electron chi connectivity index (χ0n) is 18.0. The molecule has 156 valence electrons. The molecule has 1 amide bonds. The van der Waals surface area contributed by atoms with Gasteiger partial charge in [-0.25, -0.2) is 9.78 Å². The van der Waals surface area contributed by atoms with Gasteiger partial charge in [0, 0.05) is 25.4 Å². The first-order valence-corrected chi connectivity index (χ1v) is 10.2. The molecule has 1 aromatic heterocycles. The Hall–Kier alpha value is -1.92. The second-order valence-corrected chi connectivity index (χ2v) is 8.51. The number of nitrogens with zero attached hydrogens (tertiary/aromatic N) is 2. The maximum absolute atomic E-state index is 11.9. The number of carbonyl (C=O) groups is 1. The summed E-state index contributed by atoms with van der Waals surface area (Å²) in [5.41, 5.74) is 2.10. The SMILES string of the molecule is CC1=CC2OOC1C(=O)N2CCC(C)C.Cc1ccn(CCC(C)C)c(=O)c1. The van der Waals surface area contributed by atoms with Crippen LogP contribution >= 0.6 is 0 Å². The molecule has 2 unspecified atom stereocenters. The highest BCUT2D eigenvalue weighted by atomic mass is 17.2. The van der Waals surface area contributed by atoms with E-state index in [4.69, 9.17) is 9.78 Å². The van der Waals surface area contributed by atoms with Gasteiger partial charge >= 0.3 is 0 Å². The van der Waals surface area contributed by atoms with Crippen molar-refractivity contribution in [2.45, 2.75) is 73.3 Å². The summed E-state index contributed by atoms with van der Waals surface area (Å²) < 4.78 is 1.77. The summed E-state index contributed by atoms with van der Waals surface area (Å²) in [7, 11) is 0. The summed E-state index contributed by atoms with van der Waals surface area (Å²) in [5.74, 6) is 1.27. The first-order chi connectivity index (χ1) is 13.2. The fourth-order valence-electron chi connectivity index (χ4n) is 3.01. The van der Waals surface area contributed by atoms with E-state index in [1.807, 2.05) is 32.2 Å². The lowest BCUT2D eigenvalue weighted by Crippen LogP contribution is -2.56. The molecule has 3 aliphatic rings. The van der Waals surface area contributed by atoms with Crippen LogP contribution in [0.15, 0.2) is 34.8 Å². The van der Waals surface area contributed by atoms with Crippen molar-refractivity contribution in [3.05, 3.63) is 45.9 Å². The van der Waals surface area contributed by atoms with E-state index in [0.717, 1.165) is 37.1 Å². The van der Waals surface area contributed by atoms with Gasteiger partial charge in [0.1, 0.15) is 0 Å². The van der Waals surface area contributed by atoms with Gasteiger partial charge in [-0.15, -0.1) is 0 Å². The molecule has 4 rings (SSSR count). The summed E-state index contributed by atoms with van der Waals surface area (Å²) in [4.78, 5) is 35.1. The van der Waals surface area contributed by atoms with Gasteiger partial charge < -0.3 is 9.47 Å². The molecule has 2 atom stereocenters. The molecule has 0 saturated carbocycles. The van der Waals surface area contributed by atoms with Gasteiger partial charge in [-0.1, -0.05) is 27.7 Å². The molecule has 2 bridgehead atoms. The first-order valence-electron chi connectivity index (χ1n) is 10.2. The average molecular weight is 391 g/mol. The molecule has 0 aromatic carbocycles. The lowest BCUT2D eigenvalue weighted by Gasteiger charge is -2.41. The molecule has 3 aliphatic heterocycles. The lowest BCUT2D eigenvalue weighted by molar-refractivity contribution is -0.377. The third kappa shape index (κ3) is 6.04. The minimum atomic E-state index is -0.512. The zero-order chi connectivity index (χ0) is 20.8. The van der Waals surface area contributed by atoms with Crippen LogP contribution in [0.5, 0.6) is 0 Å². The number of rotatable bonds is 6. The van der Waals surface area contributed by atoms with Crippen LogP contribution in [0, 0.1) is 18.8 Å². The van der Waals surface area contributed by atoms with Crippen molar-refractivity contribution in [1.29, 1.82) is 0 Å². The molecule has 1 aromatic rings. The molecule has 0 radical (unpaired) electrons. The largest absolute Gasteiger partial charge is 0.316 e. The molecule has 0 N–H and O–H groups in total. The molecule has 1 fully saturated rings. The Labute approximate surface area is 168 Å². The predicted molar refractivity (Wildman–Crippen MR) is 110 cm³/mol. The average Bonchev–Trinajstić information content (AvgIpc) is 2.61. The fraction of sp³-hybridized carbons (Fsp3) is 0.636. The van der Waals surface area contributed by atoms with Crippen LogP contribution in [0.3, 0.4) is 0 Å². The Bertz CT molecular complexity index is 751. The number of aryl methyl sites for hydroxylation is 2. The smallest absolute Gasteiger partial charge is 0.261 e. The molecular formula is C22H34N2O4. The van der Waals surface area contributed by atoms with Gasteiger partial charge in [-0.2, -0.15) is 0 Å². The molecule has 0 spiro atoms. The topological polar surface area (TPSA) is 60.8 Å². The Morgan fingerprint density at radius 3 is 2.18 bits per heavy atom. The van der Waals surface area contributed by atoms with Crippen LogP contribution in [0.4, 0.5) is 0 Å². The highest BCUT2D eigenvalue weighted by molar-refractivity contribution is 5.86. The van der Waals surface area contributed by atoms with E-state index in [0.29, 0.717) is 11.8 Å². The van der Waals surface area contributed by atoms with Crippen molar-refractivity contribution in [2.75, 3.05) is 6.54 Å². The Kier molecular flexibility index (Phi) is 8.01. The van der Waals surface area contributed by atoms with Gasteiger partial charge in [0.15, 0.2) is 12.3 Å². The van der Waals surface area contributed by atoms with Gasteiger partial charge in [0.2, 0.25) is 0 Å². The van der Waals surface area contributed by atoms with Crippen LogP contribution in [0.2, 0.25) is 0 Å². The summed E-state index contributed by atoms with van der Waals surface area (Å²) in [6.45, 7) is 14.0. The third-order valence-electron chi connectivity index (χ3n) is 4.93. The molecule has 6 heteroatoms. The van der Waals surface area contributed by atoms with Crippen LogP contribution in [0.1, 0.15) is 53.0 Å². The van der Waals surface area contributed by atoms with E-state index in [9.17, 15) is 9.59 Å². The van der Waals surface area contributed by atoms with E-state index >= 15 is 0 Å². The predicted octanol–water partition coefficient (Wildman–Crippen LogP) is 3.68. The maximum atomic E-state index is 11.9. The highest BCUT2D eigenvalue weighted by Crippen LogP contribution is 2.28. The molecule has 28 heavy (non-hydrogen) atoms. The quantitative estimate of drug-likeness (QED) is 0.549. The summed E-state index contributed by atoms with van der Waals surface area (Å²) >= 11 is 0. The molecule has 0 aliphatic carbocycles. The van der Waals surface area contributed by atoms with Crippen molar-refractivity contribution in [3.63, 3.8) is 0 Å². The van der Waals surface area contributed by atoms with E-state index in [1.165, 1.54) is 0 Å². The number of fused-ring (bicyclic) bond motifs is 2. The summed E-state index contributed by atoms with van der Waals surface area (Å²) in [6, 6.07) is 3.65. The second-order valence-electron chi connectivity index (χ2n) is 8.51. The van der Waals surface area contributed by atoms with E-state index in [2.05, 4.69) is 27.7 Å². The van der Waals surface area contributed by atoms with Gasteiger partial charge in [0.05, 0.1) is 0 Å². The summed E-state index contributed by atoms with van der Waals surface area (Å²) in [5, 5.41) is 0. The normalized spacial score (nSPS) is 21.1. The van der Waals surface area contributed by atoms with Crippen molar-refractivity contribution in [3.8, 4) is 0 Å². The summed E-state index contributed by atoms with van der Waals surface area (Å²) in [6.07, 6.45) is 5.05. The van der Waals surface area contributed by atoms with Crippen LogP contribution < -0.4 is 5.56 Å². The second kappa shape index (κ2) is 10.0. The fourth-order valence-corrected chi connectivity index (χ4v) is 3.01. The third-order valence-corrected chi connectivity index (χ3v) is 4.93. The van der Waals surface area contributed by atoms with Crippen molar-refractivity contribution < 1.29 is 14.6 Å². The maximum Gasteiger partial charge on any atom is 0.261 e. The number of pyridine rings is 1.